The number of amides is 1. The van der Waals surface area contributed by atoms with Crippen LogP contribution < -0.4 is 11.1 Å². The van der Waals surface area contributed by atoms with Crippen molar-refractivity contribution in [3.8, 4) is 0 Å². The summed E-state index contributed by atoms with van der Waals surface area (Å²) in [6.07, 6.45) is 3.29. The summed E-state index contributed by atoms with van der Waals surface area (Å²) in [7, 11) is 0. The first kappa shape index (κ1) is 23.5. The first-order valence-corrected chi connectivity index (χ1v) is 12.1. The highest BCUT2D eigenvalue weighted by Crippen LogP contribution is 2.28. The molecule has 5 rings (SSSR count). The van der Waals surface area contributed by atoms with Crippen LogP contribution in [0.3, 0.4) is 0 Å². The summed E-state index contributed by atoms with van der Waals surface area (Å²) in [5, 5.41) is 8.25. The third kappa shape index (κ3) is 4.92. The summed E-state index contributed by atoms with van der Waals surface area (Å²) >= 11 is 5.99. The standard InChI is InChI=1S/C28H25ClN6O/c1-18(11-12-19-7-3-2-4-8-19)32-28(36)24-25-27(34-23-10-6-5-9-22(23)33-25)35(26(24)30)31-17-20-13-15-21(29)16-14-20/h2-10,13-18H,11-12,30H2,1H3,(H,32,36). The number of benzene rings is 3. The van der Waals surface area contributed by atoms with Crippen LogP contribution in [-0.4, -0.2) is 32.8 Å². The van der Waals surface area contributed by atoms with Crippen LogP contribution in [0.5, 0.6) is 0 Å². The molecule has 7 nitrogen and oxygen atoms in total. The van der Waals surface area contributed by atoms with Crippen LogP contribution in [0.25, 0.3) is 22.2 Å². The van der Waals surface area contributed by atoms with Gasteiger partial charge in [-0.15, -0.1) is 0 Å². The molecule has 8 heteroatoms. The highest BCUT2D eigenvalue weighted by atomic mass is 35.5. The Morgan fingerprint density at radius 3 is 2.42 bits per heavy atom. The molecule has 1 amide bonds. The number of hydrogen-bond donors (Lipinski definition) is 2. The minimum absolute atomic E-state index is 0.0681. The Bertz CT molecular complexity index is 1560. The molecule has 5 aromatic rings. The monoisotopic (exact) mass is 496 g/mol. The Balaban J connectivity index is 1.49. The van der Waals surface area contributed by atoms with E-state index >= 15 is 0 Å². The Morgan fingerprint density at radius 2 is 1.69 bits per heavy atom. The van der Waals surface area contributed by atoms with E-state index in [9.17, 15) is 4.79 Å². The first-order chi connectivity index (χ1) is 17.5. The van der Waals surface area contributed by atoms with Crippen molar-refractivity contribution < 1.29 is 4.79 Å². The van der Waals surface area contributed by atoms with Crippen LogP contribution in [-0.2, 0) is 6.42 Å². The van der Waals surface area contributed by atoms with E-state index in [-0.39, 0.29) is 23.3 Å². The molecule has 0 spiro atoms. The Kier molecular flexibility index (Phi) is 6.64. The number of aryl methyl sites for hydroxylation is 1. The van der Waals surface area contributed by atoms with Crippen molar-refractivity contribution in [1.29, 1.82) is 0 Å². The van der Waals surface area contributed by atoms with Gasteiger partial charge in [-0.05, 0) is 55.2 Å². The van der Waals surface area contributed by atoms with E-state index in [2.05, 4.69) is 22.6 Å². The number of carbonyl (C=O) groups is 1. The fraction of sp³-hybridized carbons (Fsp3) is 0.143. The molecule has 0 radical (unpaired) electrons. The number of carbonyl (C=O) groups excluding carboxylic acids is 1. The predicted molar refractivity (Wildman–Crippen MR) is 146 cm³/mol. The fourth-order valence-corrected chi connectivity index (χ4v) is 4.18. The minimum Gasteiger partial charge on any atom is -0.383 e. The number of nitrogens with one attached hydrogen (secondary N) is 1. The zero-order chi connectivity index (χ0) is 25.1. The number of halogens is 1. The second-order valence-corrected chi connectivity index (χ2v) is 9.09. The first-order valence-electron chi connectivity index (χ1n) is 11.7. The van der Waals surface area contributed by atoms with Gasteiger partial charge >= 0.3 is 0 Å². The molecule has 0 aliphatic heterocycles. The van der Waals surface area contributed by atoms with Crippen molar-refractivity contribution in [2.24, 2.45) is 5.10 Å². The number of fused-ring (bicyclic) bond motifs is 2. The van der Waals surface area contributed by atoms with Crippen molar-refractivity contribution in [2.45, 2.75) is 25.8 Å². The lowest BCUT2D eigenvalue weighted by atomic mass is 10.1. The molecule has 180 valence electrons. The molecule has 0 saturated heterocycles. The third-order valence-corrected chi connectivity index (χ3v) is 6.23. The number of anilines is 1. The van der Waals surface area contributed by atoms with Crippen LogP contribution >= 0.6 is 11.6 Å². The molecular weight excluding hydrogens is 472 g/mol. The Labute approximate surface area is 213 Å². The average molecular weight is 497 g/mol. The maximum absolute atomic E-state index is 13.4. The van der Waals surface area contributed by atoms with Crippen LogP contribution in [0.15, 0.2) is 84.0 Å². The molecular formula is C28H25ClN6O. The number of nitrogens with two attached hydrogens (primary N) is 1. The molecule has 0 fully saturated rings. The number of nitrogen functional groups attached to an aromatic ring is 1. The zero-order valence-corrected chi connectivity index (χ0v) is 20.5. The van der Waals surface area contributed by atoms with Crippen LogP contribution in [0.4, 0.5) is 5.82 Å². The zero-order valence-electron chi connectivity index (χ0n) is 19.7. The number of para-hydroxylation sites is 2. The van der Waals surface area contributed by atoms with Gasteiger partial charge in [-0.1, -0.05) is 66.2 Å². The molecule has 2 heterocycles. The lowest BCUT2D eigenvalue weighted by Gasteiger charge is -2.14. The van der Waals surface area contributed by atoms with Crippen LogP contribution in [0, 0.1) is 0 Å². The summed E-state index contributed by atoms with van der Waals surface area (Å²) in [4.78, 5) is 22.9. The molecule has 1 unspecified atom stereocenters. The van der Waals surface area contributed by atoms with Gasteiger partial charge in [-0.2, -0.15) is 9.78 Å². The van der Waals surface area contributed by atoms with Gasteiger partial charge < -0.3 is 11.1 Å². The lowest BCUT2D eigenvalue weighted by molar-refractivity contribution is 0.0940. The lowest BCUT2D eigenvalue weighted by Crippen LogP contribution is -2.33. The van der Waals surface area contributed by atoms with E-state index in [0.29, 0.717) is 27.2 Å². The number of hydrogen-bond acceptors (Lipinski definition) is 5. The SMILES string of the molecule is CC(CCc1ccccc1)NC(=O)c1c(N)n(N=Cc2ccc(Cl)cc2)c2nc3ccccc3nc12. The maximum Gasteiger partial charge on any atom is 0.257 e. The van der Waals surface area contributed by atoms with Gasteiger partial charge in [0.05, 0.1) is 17.2 Å². The molecule has 3 N–H and O–H groups in total. The molecule has 0 aliphatic rings. The van der Waals surface area contributed by atoms with Gasteiger partial charge in [0.2, 0.25) is 0 Å². The molecule has 1 atom stereocenters. The van der Waals surface area contributed by atoms with Crippen molar-refractivity contribution >= 4 is 51.7 Å². The number of nitrogens with zero attached hydrogens (tertiary/aromatic N) is 4. The van der Waals surface area contributed by atoms with E-state index in [1.165, 1.54) is 10.2 Å². The Hall–Kier alpha value is -4.23. The van der Waals surface area contributed by atoms with Crippen molar-refractivity contribution in [2.75, 3.05) is 5.73 Å². The highest BCUT2D eigenvalue weighted by molar-refractivity contribution is 6.30. The maximum atomic E-state index is 13.4. The van der Waals surface area contributed by atoms with E-state index in [0.717, 1.165) is 18.4 Å². The summed E-state index contributed by atoms with van der Waals surface area (Å²) in [6.45, 7) is 1.98. The van der Waals surface area contributed by atoms with Crippen LogP contribution in [0.1, 0.15) is 34.8 Å². The van der Waals surface area contributed by atoms with E-state index in [1.54, 1.807) is 18.3 Å². The summed E-state index contributed by atoms with van der Waals surface area (Å²) in [5.74, 6) is -0.124. The summed E-state index contributed by atoms with van der Waals surface area (Å²) in [6, 6.07) is 24.9. The van der Waals surface area contributed by atoms with Gasteiger partial charge in [0.1, 0.15) is 16.9 Å². The normalized spacial score (nSPS) is 12.4. The molecule has 0 aliphatic carbocycles. The van der Waals surface area contributed by atoms with E-state index in [1.807, 2.05) is 61.5 Å². The van der Waals surface area contributed by atoms with Crippen molar-refractivity contribution in [3.63, 3.8) is 0 Å². The van der Waals surface area contributed by atoms with Crippen molar-refractivity contribution in [1.82, 2.24) is 20.0 Å². The average Bonchev–Trinajstić information content (AvgIpc) is 3.16. The number of rotatable bonds is 7. The molecule has 0 saturated carbocycles. The Morgan fingerprint density at radius 1 is 1.03 bits per heavy atom. The van der Waals surface area contributed by atoms with Gasteiger partial charge in [-0.3, -0.25) is 4.79 Å². The topological polar surface area (TPSA) is 98.2 Å². The van der Waals surface area contributed by atoms with E-state index < -0.39 is 0 Å². The minimum atomic E-state index is -0.303. The van der Waals surface area contributed by atoms with Gasteiger partial charge in [0, 0.05) is 11.1 Å². The second kappa shape index (κ2) is 10.2. The fourth-order valence-electron chi connectivity index (χ4n) is 4.06. The molecule has 2 aromatic heterocycles. The van der Waals surface area contributed by atoms with E-state index in [4.69, 9.17) is 27.3 Å². The highest BCUT2D eigenvalue weighted by Gasteiger charge is 2.25. The van der Waals surface area contributed by atoms with Crippen LogP contribution in [0.2, 0.25) is 5.02 Å². The number of aromatic nitrogens is 3. The predicted octanol–water partition coefficient (Wildman–Crippen LogP) is 5.45. The summed E-state index contributed by atoms with van der Waals surface area (Å²) < 4.78 is 1.47. The largest absolute Gasteiger partial charge is 0.383 e. The third-order valence-electron chi connectivity index (χ3n) is 5.98. The van der Waals surface area contributed by atoms with Gasteiger partial charge in [-0.25, -0.2) is 9.97 Å². The van der Waals surface area contributed by atoms with Crippen molar-refractivity contribution in [3.05, 3.63) is 101 Å². The summed E-state index contributed by atoms with van der Waals surface area (Å²) in [5.41, 5.74) is 11.0. The molecule has 0 bridgehead atoms. The van der Waals surface area contributed by atoms with Gasteiger partial charge in [0.25, 0.3) is 5.91 Å². The van der Waals surface area contributed by atoms with Gasteiger partial charge in [0.15, 0.2) is 5.65 Å². The quantitative estimate of drug-likeness (QED) is 0.292. The molecule has 3 aromatic carbocycles. The smallest absolute Gasteiger partial charge is 0.257 e. The molecule has 36 heavy (non-hydrogen) atoms. The second-order valence-electron chi connectivity index (χ2n) is 8.65.